The van der Waals surface area contributed by atoms with Crippen molar-refractivity contribution in [2.75, 3.05) is 19.7 Å². The molecule has 2 atom stereocenters. The standard InChI is InChI=1S/C29H22ClFN4O5/c30-20-12-32-11-18-25(17-8-16(36)9-21(31)26(17)20)19(13-35-24(38)10-29(2-3-29)27(18)35)28(39)40-14-22(37)15-1-5-34-6-4-33-23(34)7-15/h1,4-9,12,19,27H,2-3,10-11,13-14H2. The highest BCUT2D eigenvalue weighted by atomic mass is 35.5. The van der Waals surface area contributed by atoms with Gasteiger partial charge in [-0.15, -0.1) is 0 Å². The van der Waals surface area contributed by atoms with Gasteiger partial charge in [0, 0.05) is 60.4 Å². The van der Waals surface area contributed by atoms with Crippen LogP contribution < -0.4 is 0 Å². The number of esters is 1. The van der Waals surface area contributed by atoms with Crippen LogP contribution in [0.25, 0.3) is 5.65 Å². The number of pyridine rings is 1. The van der Waals surface area contributed by atoms with E-state index in [1.165, 1.54) is 12.3 Å². The largest absolute Gasteiger partial charge is 0.457 e. The average molecular weight is 561 g/mol. The minimum absolute atomic E-state index is 0.00166. The molecule has 3 aliphatic heterocycles. The van der Waals surface area contributed by atoms with Crippen LogP contribution in [0.1, 0.15) is 29.6 Å². The summed E-state index contributed by atoms with van der Waals surface area (Å²) >= 11 is 6.42. The minimum atomic E-state index is -1.07. The minimum Gasteiger partial charge on any atom is -0.457 e. The van der Waals surface area contributed by atoms with E-state index in [2.05, 4.69) is 9.98 Å². The molecule has 5 heterocycles. The van der Waals surface area contributed by atoms with Crippen molar-refractivity contribution in [1.82, 2.24) is 14.3 Å². The van der Waals surface area contributed by atoms with Crippen LogP contribution in [-0.4, -0.2) is 69.7 Å². The molecule has 11 heteroatoms. The van der Waals surface area contributed by atoms with Gasteiger partial charge in [0.1, 0.15) is 17.4 Å². The number of allylic oxidation sites excluding steroid dienone is 6. The maximum absolute atomic E-state index is 15.2. The van der Waals surface area contributed by atoms with Crippen LogP contribution in [0, 0.1) is 11.3 Å². The van der Waals surface area contributed by atoms with E-state index in [1.807, 2.05) is 0 Å². The molecule has 202 valence electrons. The maximum Gasteiger partial charge on any atom is 0.315 e. The first-order valence-corrected chi connectivity index (χ1v) is 13.3. The summed E-state index contributed by atoms with van der Waals surface area (Å²) < 4.78 is 22.5. The molecule has 1 saturated carbocycles. The van der Waals surface area contributed by atoms with Gasteiger partial charge < -0.3 is 14.0 Å². The summed E-state index contributed by atoms with van der Waals surface area (Å²) in [4.78, 5) is 62.5. The zero-order valence-corrected chi connectivity index (χ0v) is 21.9. The third kappa shape index (κ3) is 3.81. The molecule has 7 rings (SSSR count). The fourth-order valence-corrected chi connectivity index (χ4v) is 6.72. The number of hydrogen-bond donors (Lipinski definition) is 0. The zero-order valence-electron chi connectivity index (χ0n) is 21.1. The van der Waals surface area contributed by atoms with Crippen molar-refractivity contribution in [2.45, 2.75) is 25.3 Å². The highest BCUT2D eigenvalue weighted by Gasteiger charge is 2.62. The summed E-state index contributed by atoms with van der Waals surface area (Å²) in [6.45, 7) is -0.425. The van der Waals surface area contributed by atoms with Crippen LogP contribution in [0.4, 0.5) is 4.39 Å². The van der Waals surface area contributed by atoms with Crippen molar-refractivity contribution in [3.8, 4) is 0 Å². The van der Waals surface area contributed by atoms with Crippen molar-refractivity contribution in [1.29, 1.82) is 0 Å². The van der Waals surface area contributed by atoms with E-state index in [4.69, 9.17) is 16.3 Å². The second-order valence-corrected chi connectivity index (χ2v) is 11.2. The van der Waals surface area contributed by atoms with E-state index in [-0.39, 0.29) is 46.6 Å². The molecule has 9 nitrogen and oxygen atoms in total. The Morgan fingerprint density at radius 1 is 1.20 bits per heavy atom. The molecule has 0 aromatic carbocycles. The molecule has 1 saturated heterocycles. The first-order chi connectivity index (χ1) is 19.3. The van der Waals surface area contributed by atoms with Gasteiger partial charge >= 0.3 is 5.97 Å². The Labute approximate surface area is 232 Å². The van der Waals surface area contributed by atoms with Gasteiger partial charge in [0.05, 0.1) is 17.6 Å². The Balaban J connectivity index is 1.27. The summed E-state index contributed by atoms with van der Waals surface area (Å²) in [5.41, 5.74) is 1.89. The first kappa shape index (κ1) is 24.8. The van der Waals surface area contributed by atoms with Crippen molar-refractivity contribution < 1.29 is 28.3 Å². The first-order valence-electron chi connectivity index (χ1n) is 12.9. The molecule has 40 heavy (non-hydrogen) atoms. The van der Waals surface area contributed by atoms with E-state index in [9.17, 15) is 19.2 Å². The quantitative estimate of drug-likeness (QED) is 0.419. The number of carbonyl (C=O) groups excluding carboxylic acids is 4. The molecular weight excluding hydrogens is 539 g/mol. The lowest BCUT2D eigenvalue weighted by Crippen LogP contribution is -2.49. The number of fused-ring (bicyclic) bond motifs is 6. The van der Waals surface area contributed by atoms with Crippen molar-refractivity contribution >= 4 is 46.9 Å². The summed E-state index contributed by atoms with van der Waals surface area (Å²) in [6.07, 6.45) is 10.5. The molecular formula is C29H22ClFN4O5. The van der Waals surface area contributed by atoms with Crippen molar-refractivity contribution in [3.63, 3.8) is 0 Å². The van der Waals surface area contributed by atoms with Crippen LogP contribution in [0.3, 0.4) is 0 Å². The number of rotatable bonds is 4. The van der Waals surface area contributed by atoms with Crippen molar-refractivity contribution in [2.24, 2.45) is 16.3 Å². The lowest BCUT2D eigenvalue weighted by Gasteiger charge is -2.41. The summed E-state index contributed by atoms with van der Waals surface area (Å²) in [6, 6.07) is 2.88. The van der Waals surface area contributed by atoms with Crippen LogP contribution in [0.2, 0.25) is 0 Å². The van der Waals surface area contributed by atoms with Crippen LogP contribution in [0.15, 0.2) is 81.0 Å². The number of carbonyl (C=O) groups is 4. The number of hydrogen-bond acceptors (Lipinski definition) is 7. The second-order valence-electron chi connectivity index (χ2n) is 10.8. The summed E-state index contributed by atoms with van der Waals surface area (Å²) in [5, 5.41) is 0.00166. The predicted molar refractivity (Wildman–Crippen MR) is 141 cm³/mol. The maximum atomic E-state index is 15.2. The van der Waals surface area contributed by atoms with Crippen molar-refractivity contribution in [3.05, 3.63) is 81.6 Å². The van der Waals surface area contributed by atoms with E-state index in [0.717, 1.165) is 18.9 Å². The lowest BCUT2D eigenvalue weighted by atomic mass is 9.74. The number of Topliss-reactive ketones (excluding diaryl/α,β-unsaturated/α-hetero) is 1. The SMILES string of the molecule is O=C1C=C(F)C2=C(Cl)C=NCC3=C(C2=C1)C(C(=O)OCC(=O)c1ccn2ccnc2c1)CN1C(=O)CC2(CC2)C31. The zero-order chi connectivity index (χ0) is 27.8. The fraction of sp³-hybridized carbons (Fsp3) is 0.310. The number of amides is 1. The molecule has 2 aliphatic carbocycles. The molecule has 5 aliphatic rings. The third-order valence-electron chi connectivity index (χ3n) is 8.42. The molecule has 2 aromatic heterocycles. The fourth-order valence-electron chi connectivity index (χ4n) is 6.46. The highest BCUT2D eigenvalue weighted by molar-refractivity contribution is 6.40. The molecule has 2 unspecified atom stereocenters. The van der Waals surface area contributed by atoms with Gasteiger partial charge in [0.2, 0.25) is 11.7 Å². The van der Waals surface area contributed by atoms with Crippen LogP contribution in [-0.2, 0) is 19.1 Å². The number of aromatic nitrogens is 2. The number of imidazole rings is 1. The molecule has 0 N–H and O–H groups in total. The van der Waals surface area contributed by atoms with Crippen LogP contribution in [0.5, 0.6) is 0 Å². The third-order valence-corrected chi connectivity index (χ3v) is 8.71. The number of halogens is 2. The second kappa shape index (κ2) is 8.92. The number of aliphatic imine (C=N–C) groups is 1. The molecule has 1 amide bonds. The molecule has 1 spiro atoms. The van der Waals surface area contributed by atoms with E-state index in [0.29, 0.717) is 28.8 Å². The van der Waals surface area contributed by atoms with E-state index in [1.54, 1.807) is 40.0 Å². The van der Waals surface area contributed by atoms with Gasteiger partial charge in [-0.25, -0.2) is 9.37 Å². The Hall–Kier alpha value is -4.18. The van der Waals surface area contributed by atoms with Gasteiger partial charge in [0.15, 0.2) is 12.4 Å². The highest BCUT2D eigenvalue weighted by Crippen LogP contribution is 2.62. The summed E-state index contributed by atoms with van der Waals surface area (Å²) in [5.74, 6) is -3.72. The Kier molecular flexibility index (Phi) is 5.54. The lowest BCUT2D eigenvalue weighted by molar-refractivity contribution is -0.147. The molecule has 0 radical (unpaired) electrons. The van der Waals surface area contributed by atoms with Gasteiger partial charge in [0.25, 0.3) is 0 Å². The molecule has 0 bridgehead atoms. The number of ether oxygens (including phenoxy) is 1. The van der Waals surface area contributed by atoms with E-state index < -0.39 is 35.9 Å². The summed E-state index contributed by atoms with van der Waals surface area (Å²) in [7, 11) is 0. The molecule has 2 aromatic rings. The van der Waals surface area contributed by atoms with Gasteiger partial charge in [-0.2, -0.15) is 0 Å². The predicted octanol–water partition coefficient (Wildman–Crippen LogP) is 3.31. The normalized spacial score (nSPS) is 24.8. The monoisotopic (exact) mass is 560 g/mol. The van der Waals surface area contributed by atoms with E-state index >= 15 is 4.39 Å². The van der Waals surface area contributed by atoms with Crippen LogP contribution >= 0.6 is 11.6 Å². The Morgan fingerprint density at radius 3 is 2.83 bits per heavy atom. The number of ketones is 2. The topological polar surface area (TPSA) is 110 Å². The number of nitrogens with zero attached hydrogens (tertiary/aromatic N) is 4. The average Bonchev–Trinajstić information content (AvgIpc) is 3.42. The smallest absolute Gasteiger partial charge is 0.315 e. The van der Waals surface area contributed by atoms with Gasteiger partial charge in [-0.1, -0.05) is 11.6 Å². The molecule has 2 fully saturated rings. The van der Waals surface area contributed by atoms with Gasteiger partial charge in [-0.05, 0) is 47.8 Å². The Morgan fingerprint density at radius 2 is 2.02 bits per heavy atom. The Bertz CT molecular complexity index is 1710. The van der Waals surface area contributed by atoms with Gasteiger partial charge in [-0.3, -0.25) is 24.2 Å².